The molecular formula is C27H24F2N4O2. The van der Waals surface area contributed by atoms with Gasteiger partial charge in [0.15, 0.2) is 11.6 Å². The number of aromatic nitrogens is 3. The molecule has 0 saturated carbocycles. The van der Waals surface area contributed by atoms with E-state index in [2.05, 4.69) is 29.2 Å². The molecule has 0 unspecified atom stereocenters. The van der Waals surface area contributed by atoms with Crippen LogP contribution in [0.5, 0.6) is 5.75 Å². The second-order valence-electron chi connectivity index (χ2n) is 8.71. The SMILES string of the molecule is CC(C)c1ccc(COc2ccc(-c3c(-c4ccncc4)nn4c3C(=O)NCC4)c(F)c2F)cc1. The normalized spacial score (nSPS) is 13.0. The van der Waals surface area contributed by atoms with Gasteiger partial charge in [-0.2, -0.15) is 9.49 Å². The predicted octanol–water partition coefficient (Wildman–Crippen LogP) is 5.34. The summed E-state index contributed by atoms with van der Waals surface area (Å²) in [7, 11) is 0. The van der Waals surface area contributed by atoms with Crippen LogP contribution in [0, 0.1) is 11.6 Å². The lowest BCUT2D eigenvalue weighted by atomic mass is 9.97. The first-order valence-corrected chi connectivity index (χ1v) is 11.4. The second-order valence-corrected chi connectivity index (χ2v) is 8.71. The van der Waals surface area contributed by atoms with Crippen LogP contribution in [-0.2, 0) is 13.2 Å². The number of nitrogens with one attached hydrogen (secondary N) is 1. The highest BCUT2D eigenvalue weighted by molar-refractivity contribution is 6.03. The van der Waals surface area contributed by atoms with Gasteiger partial charge in [0.05, 0.1) is 6.54 Å². The number of hydrogen-bond donors (Lipinski definition) is 1. The van der Waals surface area contributed by atoms with Crippen LogP contribution in [0.15, 0.2) is 60.9 Å². The lowest BCUT2D eigenvalue weighted by Gasteiger charge is -2.16. The molecule has 5 rings (SSSR count). The van der Waals surface area contributed by atoms with Gasteiger partial charge in [-0.15, -0.1) is 0 Å². The van der Waals surface area contributed by atoms with E-state index in [0.717, 1.165) is 5.56 Å². The first kappa shape index (κ1) is 22.7. The van der Waals surface area contributed by atoms with Gasteiger partial charge in [0.1, 0.15) is 18.0 Å². The van der Waals surface area contributed by atoms with Gasteiger partial charge in [0, 0.05) is 35.6 Å². The van der Waals surface area contributed by atoms with Crippen molar-refractivity contribution in [3.05, 3.63) is 89.4 Å². The Morgan fingerprint density at radius 1 is 1.03 bits per heavy atom. The van der Waals surface area contributed by atoms with Gasteiger partial charge in [-0.05, 0) is 41.3 Å². The van der Waals surface area contributed by atoms with Crippen LogP contribution in [0.2, 0.25) is 0 Å². The number of hydrogen-bond acceptors (Lipinski definition) is 4. The fraction of sp³-hybridized carbons (Fsp3) is 0.222. The Kier molecular flexibility index (Phi) is 6.03. The van der Waals surface area contributed by atoms with Gasteiger partial charge >= 0.3 is 0 Å². The average molecular weight is 475 g/mol. The summed E-state index contributed by atoms with van der Waals surface area (Å²) in [6, 6.07) is 14.1. The molecule has 1 N–H and O–H groups in total. The summed E-state index contributed by atoms with van der Waals surface area (Å²) in [4.78, 5) is 16.7. The Labute approximate surface area is 201 Å². The van der Waals surface area contributed by atoms with Crippen LogP contribution in [0.25, 0.3) is 22.4 Å². The van der Waals surface area contributed by atoms with E-state index in [4.69, 9.17) is 4.74 Å². The molecule has 1 amide bonds. The molecule has 0 radical (unpaired) electrons. The third-order valence-electron chi connectivity index (χ3n) is 6.09. The Hall–Kier alpha value is -4.07. The molecule has 178 valence electrons. The number of fused-ring (bicyclic) bond motifs is 1. The number of benzene rings is 2. The number of pyridine rings is 1. The van der Waals surface area contributed by atoms with Crippen LogP contribution in [-0.4, -0.2) is 27.2 Å². The average Bonchev–Trinajstić information content (AvgIpc) is 3.26. The zero-order valence-electron chi connectivity index (χ0n) is 19.4. The van der Waals surface area contributed by atoms with Crippen molar-refractivity contribution >= 4 is 5.91 Å². The third kappa shape index (κ3) is 4.27. The summed E-state index contributed by atoms with van der Waals surface area (Å²) in [5.41, 5.74) is 3.45. The maximum atomic E-state index is 15.4. The molecule has 2 aromatic heterocycles. The molecule has 0 aliphatic carbocycles. The molecule has 0 bridgehead atoms. The maximum absolute atomic E-state index is 15.4. The largest absolute Gasteiger partial charge is 0.486 e. The highest BCUT2D eigenvalue weighted by Gasteiger charge is 2.30. The smallest absolute Gasteiger partial charge is 0.270 e. The van der Waals surface area contributed by atoms with Crippen molar-refractivity contribution in [2.75, 3.05) is 6.54 Å². The number of amides is 1. The van der Waals surface area contributed by atoms with Gasteiger partial charge in [-0.25, -0.2) is 4.39 Å². The molecule has 6 nitrogen and oxygen atoms in total. The number of carbonyl (C=O) groups excluding carboxylic acids is 1. The van der Waals surface area contributed by atoms with Gasteiger partial charge in [-0.3, -0.25) is 14.5 Å². The second kappa shape index (κ2) is 9.29. The molecule has 0 saturated heterocycles. The van der Waals surface area contributed by atoms with Crippen LogP contribution < -0.4 is 10.1 Å². The molecule has 0 fully saturated rings. The Bertz CT molecular complexity index is 1380. The van der Waals surface area contributed by atoms with Crippen molar-refractivity contribution in [3.63, 3.8) is 0 Å². The maximum Gasteiger partial charge on any atom is 0.270 e. The van der Waals surface area contributed by atoms with E-state index in [1.165, 1.54) is 22.4 Å². The Morgan fingerprint density at radius 2 is 1.77 bits per heavy atom. The zero-order valence-corrected chi connectivity index (χ0v) is 19.4. The van der Waals surface area contributed by atoms with Crippen molar-refractivity contribution in [3.8, 4) is 28.1 Å². The molecule has 3 heterocycles. The van der Waals surface area contributed by atoms with Crippen molar-refractivity contribution in [2.24, 2.45) is 0 Å². The minimum absolute atomic E-state index is 0.0544. The first-order valence-electron chi connectivity index (χ1n) is 11.4. The predicted molar refractivity (Wildman–Crippen MR) is 128 cm³/mol. The summed E-state index contributed by atoms with van der Waals surface area (Å²) in [6.45, 7) is 5.14. The van der Waals surface area contributed by atoms with E-state index in [9.17, 15) is 4.79 Å². The van der Waals surface area contributed by atoms with Crippen LogP contribution in [0.3, 0.4) is 0 Å². The highest BCUT2D eigenvalue weighted by Crippen LogP contribution is 2.39. The Balaban J connectivity index is 1.51. The number of nitrogens with zero attached hydrogens (tertiary/aromatic N) is 3. The number of halogens is 2. The molecule has 8 heteroatoms. The quantitative estimate of drug-likeness (QED) is 0.410. The summed E-state index contributed by atoms with van der Waals surface area (Å²) in [6.07, 6.45) is 3.16. The van der Waals surface area contributed by atoms with Gasteiger partial charge < -0.3 is 10.1 Å². The molecule has 4 aromatic rings. The fourth-order valence-corrected chi connectivity index (χ4v) is 4.18. The highest BCUT2D eigenvalue weighted by atomic mass is 19.2. The van der Waals surface area contributed by atoms with Crippen molar-refractivity contribution in [1.29, 1.82) is 0 Å². The minimum atomic E-state index is -1.11. The molecule has 0 spiro atoms. The van der Waals surface area contributed by atoms with Gasteiger partial charge in [-0.1, -0.05) is 38.1 Å². The van der Waals surface area contributed by atoms with E-state index >= 15 is 8.78 Å². The molecule has 35 heavy (non-hydrogen) atoms. The molecule has 2 aromatic carbocycles. The lowest BCUT2D eigenvalue weighted by Crippen LogP contribution is -2.35. The lowest BCUT2D eigenvalue weighted by molar-refractivity contribution is 0.0925. The minimum Gasteiger partial charge on any atom is -0.486 e. The summed E-state index contributed by atoms with van der Waals surface area (Å²) < 4.78 is 37.7. The van der Waals surface area contributed by atoms with E-state index in [-0.39, 0.29) is 35.1 Å². The number of carbonyl (C=O) groups is 1. The summed E-state index contributed by atoms with van der Waals surface area (Å²) in [5.74, 6) is -2.39. The van der Waals surface area contributed by atoms with E-state index < -0.39 is 11.6 Å². The van der Waals surface area contributed by atoms with E-state index in [1.807, 2.05) is 24.3 Å². The molecule has 1 aliphatic heterocycles. The van der Waals surface area contributed by atoms with Crippen molar-refractivity contribution in [1.82, 2.24) is 20.1 Å². The van der Waals surface area contributed by atoms with Crippen LogP contribution in [0.1, 0.15) is 41.4 Å². The van der Waals surface area contributed by atoms with Crippen LogP contribution >= 0.6 is 0 Å². The van der Waals surface area contributed by atoms with Crippen LogP contribution in [0.4, 0.5) is 8.78 Å². The summed E-state index contributed by atoms with van der Waals surface area (Å²) >= 11 is 0. The summed E-state index contributed by atoms with van der Waals surface area (Å²) in [5, 5.41) is 7.30. The van der Waals surface area contributed by atoms with Gasteiger partial charge in [0.25, 0.3) is 5.91 Å². The zero-order chi connectivity index (χ0) is 24.5. The Morgan fingerprint density at radius 3 is 2.49 bits per heavy atom. The molecular weight excluding hydrogens is 450 g/mol. The van der Waals surface area contributed by atoms with E-state index in [1.54, 1.807) is 24.5 Å². The standard InChI is InChI=1S/C27H24F2N4O2/c1-16(2)18-5-3-17(4-6-18)15-35-21-8-7-20(23(28)24(21)29)22-25(19-9-11-30-12-10-19)32-33-14-13-31-27(34)26(22)33/h3-12,16H,13-15H2,1-2H3,(H,31,34). The van der Waals surface area contributed by atoms with Gasteiger partial charge in [0.2, 0.25) is 5.82 Å². The van der Waals surface area contributed by atoms with Crippen molar-refractivity contribution in [2.45, 2.75) is 32.9 Å². The number of rotatable bonds is 6. The monoisotopic (exact) mass is 474 g/mol. The fourth-order valence-electron chi connectivity index (χ4n) is 4.18. The third-order valence-corrected chi connectivity index (χ3v) is 6.09. The first-order chi connectivity index (χ1) is 16.9. The topological polar surface area (TPSA) is 69.0 Å². The van der Waals surface area contributed by atoms with E-state index in [0.29, 0.717) is 30.3 Å². The number of ether oxygens (including phenoxy) is 1. The van der Waals surface area contributed by atoms with Crippen molar-refractivity contribution < 1.29 is 18.3 Å². The molecule has 1 aliphatic rings. The molecule has 0 atom stereocenters.